The maximum atomic E-state index is 13.6. The molecule has 0 saturated heterocycles. The van der Waals surface area contributed by atoms with Crippen molar-refractivity contribution in [3.8, 4) is 6.07 Å². The number of carbonyl (C=O) groups is 3. The summed E-state index contributed by atoms with van der Waals surface area (Å²) in [6.45, 7) is -0.552. The standard InChI is InChI=1S/C25H20FN3O4S/c26-21-10-3-1-7-18(21)14-28-23(30)15-33-25(32)20-9-2-4-11-22(20)34-16-24(31)29-19-8-5-6-17(12-19)13-27/h1-12H,14-16H2,(H,28,30)(H,29,31). The van der Waals surface area contributed by atoms with Crippen LogP contribution in [0.4, 0.5) is 10.1 Å². The number of thioether (sulfide) groups is 1. The zero-order valence-electron chi connectivity index (χ0n) is 17.9. The highest BCUT2D eigenvalue weighted by atomic mass is 32.2. The molecule has 0 unspecified atom stereocenters. The molecular weight excluding hydrogens is 457 g/mol. The Kier molecular flexibility index (Phi) is 8.77. The predicted molar refractivity (Wildman–Crippen MR) is 125 cm³/mol. The summed E-state index contributed by atoms with van der Waals surface area (Å²) in [6, 6.07) is 21.1. The Labute approximate surface area is 199 Å². The van der Waals surface area contributed by atoms with Crippen molar-refractivity contribution >= 4 is 35.2 Å². The second kappa shape index (κ2) is 12.2. The van der Waals surface area contributed by atoms with E-state index in [-0.39, 0.29) is 23.8 Å². The topological polar surface area (TPSA) is 108 Å². The molecule has 0 spiro atoms. The molecule has 0 saturated carbocycles. The zero-order chi connectivity index (χ0) is 24.3. The van der Waals surface area contributed by atoms with Gasteiger partial charge in [0.2, 0.25) is 5.91 Å². The van der Waals surface area contributed by atoms with Gasteiger partial charge in [0.1, 0.15) is 5.82 Å². The number of amides is 2. The first-order valence-corrected chi connectivity index (χ1v) is 11.1. The quantitative estimate of drug-likeness (QED) is 0.357. The Balaban J connectivity index is 1.51. The van der Waals surface area contributed by atoms with Crippen LogP contribution in [0, 0.1) is 17.1 Å². The van der Waals surface area contributed by atoms with Crippen molar-refractivity contribution in [1.82, 2.24) is 5.32 Å². The summed E-state index contributed by atoms with van der Waals surface area (Å²) in [5.74, 6) is -2.01. The van der Waals surface area contributed by atoms with Gasteiger partial charge in [0, 0.05) is 22.7 Å². The number of nitrogens with zero attached hydrogens (tertiary/aromatic N) is 1. The summed E-state index contributed by atoms with van der Waals surface area (Å²) in [6.07, 6.45) is 0. The van der Waals surface area contributed by atoms with E-state index in [1.165, 1.54) is 12.1 Å². The van der Waals surface area contributed by atoms with Crippen LogP contribution in [-0.4, -0.2) is 30.1 Å². The highest BCUT2D eigenvalue weighted by Crippen LogP contribution is 2.24. The lowest BCUT2D eigenvalue weighted by atomic mass is 10.2. The highest BCUT2D eigenvalue weighted by Gasteiger charge is 2.16. The van der Waals surface area contributed by atoms with E-state index in [1.54, 1.807) is 60.7 Å². The summed E-state index contributed by atoms with van der Waals surface area (Å²) in [7, 11) is 0. The lowest BCUT2D eigenvalue weighted by Gasteiger charge is -2.10. The molecule has 172 valence electrons. The molecule has 0 aromatic heterocycles. The van der Waals surface area contributed by atoms with Gasteiger partial charge in [0.15, 0.2) is 6.61 Å². The molecule has 0 atom stereocenters. The number of esters is 1. The molecule has 9 heteroatoms. The third kappa shape index (κ3) is 7.18. The number of halogens is 1. The molecule has 3 aromatic rings. The van der Waals surface area contributed by atoms with Gasteiger partial charge in [-0.05, 0) is 36.4 Å². The molecule has 7 nitrogen and oxygen atoms in total. The van der Waals surface area contributed by atoms with E-state index in [2.05, 4.69) is 10.6 Å². The summed E-state index contributed by atoms with van der Waals surface area (Å²) in [4.78, 5) is 37.3. The molecule has 2 amide bonds. The van der Waals surface area contributed by atoms with Gasteiger partial charge in [-0.15, -0.1) is 11.8 Å². The van der Waals surface area contributed by atoms with Crippen LogP contribution in [0.1, 0.15) is 21.5 Å². The maximum Gasteiger partial charge on any atom is 0.339 e. The van der Waals surface area contributed by atoms with Gasteiger partial charge < -0.3 is 15.4 Å². The Morgan fingerprint density at radius 2 is 1.74 bits per heavy atom. The molecule has 34 heavy (non-hydrogen) atoms. The van der Waals surface area contributed by atoms with Crippen molar-refractivity contribution in [2.24, 2.45) is 0 Å². The molecule has 2 N–H and O–H groups in total. The lowest BCUT2D eigenvalue weighted by molar-refractivity contribution is -0.124. The molecule has 3 rings (SSSR count). The van der Waals surface area contributed by atoms with Gasteiger partial charge in [0.25, 0.3) is 5.91 Å². The number of benzene rings is 3. The fourth-order valence-corrected chi connectivity index (χ4v) is 3.70. The third-order valence-electron chi connectivity index (χ3n) is 4.51. The SMILES string of the molecule is N#Cc1cccc(NC(=O)CSc2ccccc2C(=O)OCC(=O)NCc2ccccc2F)c1. The largest absolute Gasteiger partial charge is 0.452 e. The first-order valence-electron chi connectivity index (χ1n) is 10.2. The number of nitrogens with one attached hydrogen (secondary N) is 2. The summed E-state index contributed by atoms with van der Waals surface area (Å²) >= 11 is 1.14. The first kappa shape index (κ1) is 24.5. The van der Waals surface area contributed by atoms with Gasteiger partial charge in [-0.1, -0.05) is 36.4 Å². The average Bonchev–Trinajstić information content (AvgIpc) is 2.85. The van der Waals surface area contributed by atoms with Crippen LogP contribution in [0.5, 0.6) is 0 Å². The van der Waals surface area contributed by atoms with E-state index >= 15 is 0 Å². The van der Waals surface area contributed by atoms with Crippen LogP contribution < -0.4 is 10.6 Å². The van der Waals surface area contributed by atoms with Crippen molar-refractivity contribution in [2.75, 3.05) is 17.7 Å². The number of hydrogen-bond acceptors (Lipinski definition) is 6. The third-order valence-corrected chi connectivity index (χ3v) is 5.58. The predicted octanol–water partition coefficient (Wildman–Crippen LogP) is 3.90. The van der Waals surface area contributed by atoms with Crippen molar-refractivity contribution in [3.05, 3.63) is 95.3 Å². The van der Waals surface area contributed by atoms with Gasteiger partial charge >= 0.3 is 5.97 Å². The molecule has 0 fully saturated rings. The van der Waals surface area contributed by atoms with Gasteiger partial charge in [-0.2, -0.15) is 5.26 Å². The number of carbonyl (C=O) groups excluding carboxylic acids is 3. The Morgan fingerprint density at radius 1 is 0.971 bits per heavy atom. The highest BCUT2D eigenvalue weighted by molar-refractivity contribution is 8.00. The Morgan fingerprint density at radius 3 is 2.53 bits per heavy atom. The minimum atomic E-state index is -0.716. The smallest absolute Gasteiger partial charge is 0.339 e. The summed E-state index contributed by atoms with van der Waals surface area (Å²) < 4.78 is 18.7. The second-order valence-corrected chi connectivity index (χ2v) is 7.99. The molecule has 0 aliphatic heterocycles. The number of anilines is 1. The fraction of sp³-hybridized carbons (Fsp3) is 0.120. The van der Waals surface area contributed by atoms with Crippen LogP contribution in [-0.2, 0) is 20.9 Å². The lowest BCUT2D eigenvalue weighted by Crippen LogP contribution is -2.28. The molecule has 0 bridgehead atoms. The van der Waals surface area contributed by atoms with Gasteiger partial charge in [0.05, 0.1) is 22.9 Å². The minimum Gasteiger partial charge on any atom is -0.452 e. The average molecular weight is 478 g/mol. The van der Waals surface area contributed by atoms with E-state index in [0.29, 0.717) is 21.7 Å². The van der Waals surface area contributed by atoms with Gasteiger partial charge in [-0.3, -0.25) is 9.59 Å². The molecule has 0 heterocycles. The van der Waals surface area contributed by atoms with E-state index in [9.17, 15) is 18.8 Å². The minimum absolute atomic E-state index is 0.0181. The number of nitriles is 1. The maximum absolute atomic E-state index is 13.6. The Hall–Kier alpha value is -4.16. The van der Waals surface area contributed by atoms with E-state index in [1.807, 2.05) is 6.07 Å². The van der Waals surface area contributed by atoms with Gasteiger partial charge in [-0.25, -0.2) is 9.18 Å². The number of ether oxygens (including phenoxy) is 1. The summed E-state index contributed by atoms with van der Waals surface area (Å²) in [5, 5.41) is 14.1. The first-order chi connectivity index (χ1) is 16.5. The van der Waals surface area contributed by atoms with Crippen LogP contribution in [0.15, 0.2) is 77.7 Å². The van der Waals surface area contributed by atoms with Crippen molar-refractivity contribution < 1.29 is 23.5 Å². The second-order valence-electron chi connectivity index (χ2n) is 6.97. The zero-order valence-corrected chi connectivity index (χ0v) is 18.7. The van der Waals surface area contributed by atoms with Crippen molar-refractivity contribution in [2.45, 2.75) is 11.4 Å². The van der Waals surface area contributed by atoms with Crippen LogP contribution in [0.3, 0.4) is 0 Å². The molecular formula is C25H20FN3O4S. The Bertz CT molecular complexity index is 1240. The van der Waals surface area contributed by atoms with E-state index in [0.717, 1.165) is 11.8 Å². The number of rotatable bonds is 9. The van der Waals surface area contributed by atoms with Crippen LogP contribution in [0.2, 0.25) is 0 Å². The molecule has 0 aliphatic carbocycles. The molecule has 3 aromatic carbocycles. The normalized spacial score (nSPS) is 10.1. The van der Waals surface area contributed by atoms with Crippen LogP contribution in [0.25, 0.3) is 0 Å². The van der Waals surface area contributed by atoms with Crippen molar-refractivity contribution in [1.29, 1.82) is 5.26 Å². The van der Waals surface area contributed by atoms with Crippen LogP contribution >= 0.6 is 11.8 Å². The fourth-order valence-electron chi connectivity index (χ4n) is 2.86. The summed E-state index contributed by atoms with van der Waals surface area (Å²) in [5.41, 5.74) is 1.46. The van der Waals surface area contributed by atoms with E-state index < -0.39 is 24.3 Å². The van der Waals surface area contributed by atoms with Crippen molar-refractivity contribution in [3.63, 3.8) is 0 Å². The monoisotopic (exact) mass is 477 g/mol. The number of hydrogen-bond donors (Lipinski definition) is 2. The molecule has 0 aliphatic rings. The van der Waals surface area contributed by atoms with E-state index in [4.69, 9.17) is 10.00 Å². The molecule has 0 radical (unpaired) electrons.